The van der Waals surface area contributed by atoms with Crippen molar-refractivity contribution in [2.75, 3.05) is 25.5 Å². The Hall–Kier alpha value is -2.16. The molecule has 0 spiro atoms. The fourth-order valence-corrected chi connectivity index (χ4v) is 1.73. The van der Waals surface area contributed by atoms with Crippen molar-refractivity contribution in [2.24, 2.45) is 0 Å². The number of amides is 1. The van der Waals surface area contributed by atoms with Crippen molar-refractivity contribution < 1.29 is 19.4 Å². The number of nitrogen functional groups attached to an aromatic ring is 1. The number of carboxylic acids is 1. The van der Waals surface area contributed by atoms with Crippen LogP contribution in [0.5, 0.6) is 0 Å². The third-order valence-corrected chi connectivity index (χ3v) is 2.59. The smallest absolute Gasteiger partial charge is 0.328 e. The molecule has 0 radical (unpaired) electrons. The van der Waals surface area contributed by atoms with E-state index >= 15 is 0 Å². The molecule has 1 amide bonds. The topological polar surface area (TPSA) is 124 Å². The molecular weight excluding hydrogens is 242 g/mol. The van der Waals surface area contributed by atoms with Crippen molar-refractivity contribution in [3.63, 3.8) is 0 Å². The summed E-state index contributed by atoms with van der Waals surface area (Å²) in [6.45, 7) is 0.490. The van der Waals surface area contributed by atoms with Gasteiger partial charge in [0, 0.05) is 6.54 Å². The summed E-state index contributed by atoms with van der Waals surface area (Å²) in [4.78, 5) is 24.2. The summed E-state index contributed by atoms with van der Waals surface area (Å²) in [5.41, 5.74) is 5.37. The minimum Gasteiger partial charge on any atom is -0.480 e. The van der Waals surface area contributed by atoms with Crippen molar-refractivity contribution in [3.05, 3.63) is 6.20 Å². The van der Waals surface area contributed by atoms with E-state index in [0.717, 1.165) is 0 Å². The largest absolute Gasteiger partial charge is 0.480 e. The average molecular weight is 255 g/mol. The monoisotopic (exact) mass is 255 g/mol. The van der Waals surface area contributed by atoms with Gasteiger partial charge in [0.1, 0.15) is 6.54 Å². The van der Waals surface area contributed by atoms with Crippen LogP contribution in [0.15, 0.2) is 6.20 Å². The molecule has 2 heterocycles. The second-order valence-electron chi connectivity index (χ2n) is 3.86. The normalized spacial score (nSPS) is 19.8. The van der Waals surface area contributed by atoms with Gasteiger partial charge >= 0.3 is 5.97 Å². The van der Waals surface area contributed by atoms with Crippen molar-refractivity contribution >= 4 is 17.7 Å². The van der Waals surface area contributed by atoms with Gasteiger partial charge in [0.05, 0.1) is 19.4 Å². The molecule has 0 aromatic carbocycles. The van der Waals surface area contributed by atoms with Crippen LogP contribution in [0.25, 0.3) is 0 Å². The molecule has 0 saturated carbocycles. The molecule has 1 aliphatic rings. The maximum atomic E-state index is 12.0. The van der Waals surface area contributed by atoms with Crippen molar-refractivity contribution in [1.82, 2.24) is 19.9 Å². The third-order valence-electron chi connectivity index (χ3n) is 2.59. The van der Waals surface area contributed by atoms with E-state index in [1.165, 1.54) is 15.8 Å². The molecule has 1 saturated heterocycles. The van der Waals surface area contributed by atoms with E-state index in [-0.39, 0.29) is 31.4 Å². The number of hydrogen-bond acceptors (Lipinski definition) is 6. The van der Waals surface area contributed by atoms with Gasteiger partial charge in [0.15, 0.2) is 11.9 Å². The number of hydrogen-bond donors (Lipinski definition) is 2. The summed E-state index contributed by atoms with van der Waals surface area (Å²) in [7, 11) is 0. The van der Waals surface area contributed by atoms with Gasteiger partial charge in [0.25, 0.3) is 0 Å². The molecular formula is C9H13N5O4. The van der Waals surface area contributed by atoms with E-state index < -0.39 is 12.0 Å². The first-order valence-electron chi connectivity index (χ1n) is 5.33. The van der Waals surface area contributed by atoms with Crippen LogP contribution in [-0.4, -0.2) is 62.7 Å². The summed E-state index contributed by atoms with van der Waals surface area (Å²) in [5, 5.41) is 16.2. The highest BCUT2D eigenvalue weighted by atomic mass is 16.5. The van der Waals surface area contributed by atoms with E-state index in [0.29, 0.717) is 6.61 Å². The maximum Gasteiger partial charge on any atom is 0.328 e. The Labute approximate surface area is 102 Å². The van der Waals surface area contributed by atoms with Crippen LogP contribution in [0.1, 0.15) is 0 Å². The zero-order chi connectivity index (χ0) is 13.1. The van der Waals surface area contributed by atoms with Gasteiger partial charge in [-0.3, -0.25) is 4.79 Å². The third kappa shape index (κ3) is 2.56. The molecule has 1 aliphatic heterocycles. The summed E-state index contributed by atoms with van der Waals surface area (Å²) in [6, 6.07) is -0.952. The number of nitrogens with two attached hydrogens (primary N) is 1. The van der Waals surface area contributed by atoms with Gasteiger partial charge in [-0.05, 0) is 0 Å². The lowest BCUT2D eigenvalue weighted by molar-refractivity contribution is -0.158. The highest BCUT2D eigenvalue weighted by Gasteiger charge is 2.32. The first kappa shape index (κ1) is 12.3. The molecule has 0 bridgehead atoms. The summed E-state index contributed by atoms with van der Waals surface area (Å²) in [5.74, 6) is -1.23. The number of carbonyl (C=O) groups excluding carboxylic acids is 1. The molecule has 1 atom stereocenters. The molecule has 3 N–H and O–H groups in total. The Morgan fingerprint density at radius 1 is 1.61 bits per heavy atom. The highest BCUT2D eigenvalue weighted by Crippen LogP contribution is 2.08. The van der Waals surface area contributed by atoms with Gasteiger partial charge in [0.2, 0.25) is 5.91 Å². The quantitative estimate of drug-likeness (QED) is 0.651. The van der Waals surface area contributed by atoms with Gasteiger partial charge in [-0.15, -0.1) is 5.10 Å². The van der Waals surface area contributed by atoms with E-state index in [1.54, 1.807) is 0 Å². The van der Waals surface area contributed by atoms with Crippen LogP contribution in [0.3, 0.4) is 0 Å². The molecule has 9 heteroatoms. The Kier molecular flexibility index (Phi) is 3.42. The van der Waals surface area contributed by atoms with E-state index in [2.05, 4.69) is 10.3 Å². The number of ether oxygens (including phenoxy) is 1. The molecule has 9 nitrogen and oxygen atoms in total. The molecule has 1 aromatic heterocycles. The minimum atomic E-state index is -1.08. The molecule has 1 aromatic rings. The van der Waals surface area contributed by atoms with Crippen molar-refractivity contribution in [3.8, 4) is 0 Å². The SMILES string of the molecule is Nc1cn(CC(=O)N2CCOCC2C(=O)O)nn1. The second-order valence-corrected chi connectivity index (χ2v) is 3.86. The molecule has 2 rings (SSSR count). The fraction of sp³-hybridized carbons (Fsp3) is 0.556. The van der Waals surface area contributed by atoms with Crippen LogP contribution >= 0.6 is 0 Å². The van der Waals surface area contributed by atoms with Crippen molar-refractivity contribution in [2.45, 2.75) is 12.6 Å². The number of morpholine rings is 1. The lowest BCUT2D eigenvalue weighted by Gasteiger charge is -2.32. The molecule has 18 heavy (non-hydrogen) atoms. The van der Waals surface area contributed by atoms with Crippen LogP contribution in [-0.2, 0) is 20.9 Å². The van der Waals surface area contributed by atoms with E-state index in [1.807, 2.05) is 0 Å². The summed E-state index contributed by atoms with van der Waals surface area (Å²) in [6.07, 6.45) is 1.41. The fourth-order valence-electron chi connectivity index (χ4n) is 1.73. The molecule has 98 valence electrons. The minimum absolute atomic E-state index is 0.000565. The lowest BCUT2D eigenvalue weighted by Crippen LogP contribution is -2.53. The van der Waals surface area contributed by atoms with Crippen LogP contribution in [0, 0.1) is 0 Å². The Morgan fingerprint density at radius 3 is 3.00 bits per heavy atom. The first-order valence-corrected chi connectivity index (χ1v) is 5.33. The second kappa shape index (κ2) is 5.00. The van der Waals surface area contributed by atoms with E-state index in [9.17, 15) is 9.59 Å². The Bertz CT molecular complexity index is 460. The van der Waals surface area contributed by atoms with Gasteiger partial charge < -0.3 is 20.5 Å². The maximum absolute atomic E-state index is 12.0. The Morgan fingerprint density at radius 2 is 2.39 bits per heavy atom. The van der Waals surface area contributed by atoms with Crippen molar-refractivity contribution in [1.29, 1.82) is 0 Å². The predicted octanol–water partition coefficient (Wildman–Crippen LogP) is -1.83. The number of rotatable bonds is 3. The molecule has 0 aliphatic carbocycles. The number of carbonyl (C=O) groups is 2. The number of nitrogens with zero attached hydrogens (tertiary/aromatic N) is 4. The number of aliphatic carboxylic acids is 1. The molecule has 1 fully saturated rings. The van der Waals surface area contributed by atoms with Crippen LogP contribution in [0.4, 0.5) is 5.82 Å². The summed E-state index contributed by atoms with van der Waals surface area (Å²) >= 11 is 0. The van der Waals surface area contributed by atoms with Crippen LogP contribution < -0.4 is 5.73 Å². The molecule has 1 unspecified atom stereocenters. The number of carboxylic acid groups (broad SMARTS) is 1. The van der Waals surface area contributed by atoms with E-state index in [4.69, 9.17) is 15.6 Å². The zero-order valence-electron chi connectivity index (χ0n) is 9.52. The highest BCUT2D eigenvalue weighted by molar-refractivity contribution is 5.83. The zero-order valence-corrected chi connectivity index (χ0v) is 9.52. The van der Waals surface area contributed by atoms with Gasteiger partial charge in [-0.1, -0.05) is 5.21 Å². The standard InChI is InChI=1S/C9H13N5O4/c10-7-3-13(12-11-7)4-8(15)14-1-2-18-5-6(14)9(16)17/h3,6H,1-2,4-5,10H2,(H,16,17). The number of aromatic nitrogens is 3. The summed E-state index contributed by atoms with van der Waals surface area (Å²) < 4.78 is 6.32. The van der Waals surface area contributed by atoms with Gasteiger partial charge in [-0.25, -0.2) is 9.48 Å². The number of anilines is 1. The van der Waals surface area contributed by atoms with Crippen LogP contribution in [0.2, 0.25) is 0 Å². The lowest BCUT2D eigenvalue weighted by atomic mass is 10.2. The average Bonchev–Trinajstić information content (AvgIpc) is 2.74. The Balaban J connectivity index is 2.04. The van der Waals surface area contributed by atoms with Gasteiger partial charge in [-0.2, -0.15) is 0 Å². The predicted molar refractivity (Wildman–Crippen MR) is 58.4 cm³/mol. The first-order chi connectivity index (χ1) is 8.58.